The summed E-state index contributed by atoms with van der Waals surface area (Å²) in [5, 5.41) is 12.2. The second-order valence-corrected chi connectivity index (χ2v) is 8.14. The first-order valence-electron chi connectivity index (χ1n) is 9.57. The van der Waals surface area contributed by atoms with Crippen LogP contribution in [-0.4, -0.2) is 39.4 Å². The average molecular weight is 378 g/mol. The Kier molecular flexibility index (Phi) is 6.34. The largest absolute Gasteiger partial charge is 0.300 e. The lowest BCUT2D eigenvalue weighted by atomic mass is 9.81. The van der Waals surface area contributed by atoms with E-state index in [0.717, 1.165) is 56.4 Å². The molecule has 2 fully saturated rings. The monoisotopic (exact) mass is 378 g/mol. The Morgan fingerprint density at radius 3 is 2.50 bits per heavy atom. The van der Waals surface area contributed by atoms with Crippen molar-refractivity contribution in [3.05, 3.63) is 5.01 Å². The van der Waals surface area contributed by atoms with E-state index in [9.17, 15) is 14.4 Å². The number of unbranched alkanes of at least 4 members (excludes halogenated alkanes) is 2. The summed E-state index contributed by atoms with van der Waals surface area (Å²) in [6.07, 6.45) is 7.95. The van der Waals surface area contributed by atoms with Gasteiger partial charge in [0.2, 0.25) is 22.9 Å². The van der Waals surface area contributed by atoms with Gasteiger partial charge in [-0.25, -0.2) is 0 Å². The number of aromatic nitrogens is 2. The zero-order valence-electron chi connectivity index (χ0n) is 15.2. The van der Waals surface area contributed by atoms with Crippen molar-refractivity contribution in [2.75, 3.05) is 11.9 Å². The molecular formula is C18H26N4O3S. The van der Waals surface area contributed by atoms with Crippen molar-refractivity contribution < 1.29 is 14.4 Å². The first-order valence-corrected chi connectivity index (χ1v) is 10.4. The van der Waals surface area contributed by atoms with Gasteiger partial charge in [-0.05, 0) is 19.3 Å². The van der Waals surface area contributed by atoms with Crippen LogP contribution in [-0.2, 0) is 20.8 Å². The van der Waals surface area contributed by atoms with Crippen LogP contribution in [0.15, 0.2) is 0 Å². The van der Waals surface area contributed by atoms with Crippen LogP contribution in [0.1, 0.15) is 63.3 Å². The van der Waals surface area contributed by atoms with Gasteiger partial charge >= 0.3 is 0 Å². The van der Waals surface area contributed by atoms with Crippen LogP contribution in [0.25, 0.3) is 0 Å². The van der Waals surface area contributed by atoms with Gasteiger partial charge in [0.1, 0.15) is 5.01 Å². The van der Waals surface area contributed by atoms with Gasteiger partial charge in [-0.3, -0.25) is 19.3 Å². The SMILES string of the molecule is CCCCCc1nnc(NC(=O)CCN2C(=O)[C@@H]3CCCC[C@H]3C2=O)s1. The van der Waals surface area contributed by atoms with Gasteiger partial charge in [-0.15, -0.1) is 10.2 Å². The third-order valence-corrected chi connectivity index (χ3v) is 6.10. The second kappa shape index (κ2) is 8.70. The molecule has 1 saturated heterocycles. The Morgan fingerprint density at radius 2 is 1.85 bits per heavy atom. The number of nitrogens with one attached hydrogen (secondary N) is 1. The van der Waals surface area contributed by atoms with Gasteiger partial charge in [0.15, 0.2) is 0 Å². The molecule has 26 heavy (non-hydrogen) atoms. The molecule has 1 aliphatic heterocycles. The highest BCUT2D eigenvalue weighted by Crippen LogP contribution is 2.37. The third-order valence-electron chi connectivity index (χ3n) is 5.20. The van der Waals surface area contributed by atoms with Crippen LogP contribution >= 0.6 is 11.3 Å². The van der Waals surface area contributed by atoms with Gasteiger partial charge in [0, 0.05) is 19.4 Å². The molecule has 1 N–H and O–H groups in total. The summed E-state index contributed by atoms with van der Waals surface area (Å²) >= 11 is 1.39. The van der Waals surface area contributed by atoms with E-state index in [4.69, 9.17) is 0 Å². The standard InChI is InChI=1S/C18H26N4O3S/c1-2-3-4-9-15-20-21-18(26-15)19-14(23)10-11-22-16(24)12-7-5-6-8-13(12)17(22)25/h12-13H,2-11H2,1H3,(H,19,21,23)/t12-,13-/m1/s1. The fraction of sp³-hybridized carbons (Fsp3) is 0.722. The van der Waals surface area contributed by atoms with Crippen molar-refractivity contribution in [2.24, 2.45) is 11.8 Å². The van der Waals surface area contributed by atoms with E-state index in [1.54, 1.807) is 0 Å². The maximum atomic E-state index is 12.4. The van der Waals surface area contributed by atoms with Crippen LogP contribution in [0.3, 0.4) is 0 Å². The Labute approximate surface area is 157 Å². The van der Waals surface area contributed by atoms with E-state index in [2.05, 4.69) is 22.4 Å². The molecule has 2 heterocycles. The molecule has 7 nitrogen and oxygen atoms in total. The number of nitrogens with zero attached hydrogens (tertiary/aromatic N) is 3. The van der Waals surface area contributed by atoms with Crippen molar-refractivity contribution >= 4 is 34.2 Å². The number of aryl methyl sites for hydroxylation is 1. The first-order chi connectivity index (χ1) is 12.6. The number of hydrogen-bond acceptors (Lipinski definition) is 6. The molecule has 1 saturated carbocycles. The maximum absolute atomic E-state index is 12.4. The van der Waals surface area contributed by atoms with Crippen molar-refractivity contribution in [2.45, 2.75) is 64.7 Å². The molecule has 0 radical (unpaired) electrons. The molecule has 8 heteroatoms. The van der Waals surface area contributed by atoms with E-state index in [0.29, 0.717) is 5.13 Å². The van der Waals surface area contributed by atoms with E-state index in [-0.39, 0.29) is 42.5 Å². The predicted octanol–water partition coefficient (Wildman–Crippen LogP) is 2.77. The lowest BCUT2D eigenvalue weighted by Gasteiger charge is -2.19. The van der Waals surface area contributed by atoms with Crippen molar-refractivity contribution in [3.63, 3.8) is 0 Å². The third kappa shape index (κ3) is 4.28. The summed E-state index contributed by atoms with van der Waals surface area (Å²) < 4.78 is 0. The summed E-state index contributed by atoms with van der Waals surface area (Å²) in [6, 6.07) is 0. The lowest BCUT2D eigenvalue weighted by Crippen LogP contribution is -2.34. The molecule has 0 bridgehead atoms. The fourth-order valence-electron chi connectivity index (χ4n) is 3.78. The first kappa shape index (κ1) is 18.9. The number of amides is 3. The Morgan fingerprint density at radius 1 is 1.15 bits per heavy atom. The predicted molar refractivity (Wildman–Crippen MR) is 98.6 cm³/mol. The molecule has 0 aromatic carbocycles. The zero-order chi connectivity index (χ0) is 18.5. The smallest absolute Gasteiger partial charge is 0.233 e. The number of hydrogen-bond donors (Lipinski definition) is 1. The number of rotatable bonds is 8. The van der Waals surface area contributed by atoms with Gasteiger partial charge in [0.05, 0.1) is 11.8 Å². The second-order valence-electron chi connectivity index (χ2n) is 7.08. The number of likely N-dealkylation sites (tertiary alicyclic amines) is 1. The number of fused-ring (bicyclic) bond motifs is 1. The Bertz CT molecular complexity index is 651. The van der Waals surface area contributed by atoms with Crippen LogP contribution < -0.4 is 5.32 Å². The highest BCUT2D eigenvalue weighted by molar-refractivity contribution is 7.15. The molecular weight excluding hydrogens is 352 g/mol. The minimum absolute atomic E-state index is 0.0957. The molecule has 1 aromatic rings. The van der Waals surface area contributed by atoms with Crippen LogP contribution in [0.5, 0.6) is 0 Å². The van der Waals surface area contributed by atoms with Crippen LogP contribution in [0.4, 0.5) is 5.13 Å². The normalized spacial score (nSPS) is 22.6. The van der Waals surface area contributed by atoms with Gasteiger partial charge in [-0.2, -0.15) is 0 Å². The van der Waals surface area contributed by atoms with E-state index in [1.165, 1.54) is 16.2 Å². The number of carbonyl (C=O) groups is 3. The highest BCUT2D eigenvalue weighted by Gasteiger charge is 2.47. The molecule has 2 aliphatic rings. The number of anilines is 1. The Hall–Kier alpha value is -1.83. The number of carbonyl (C=O) groups excluding carboxylic acids is 3. The van der Waals surface area contributed by atoms with Crippen LogP contribution in [0, 0.1) is 11.8 Å². The summed E-state index contributed by atoms with van der Waals surface area (Å²) in [4.78, 5) is 38.2. The van der Waals surface area contributed by atoms with Crippen molar-refractivity contribution in [3.8, 4) is 0 Å². The zero-order valence-corrected chi connectivity index (χ0v) is 16.0. The summed E-state index contributed by atoms with van der Waals surface area (Å²) in [5.41, 5.74) is 0. The summed E-state index contributed by atoms with van der Waals surface area (Å²) in [5.74, 6) is -0.749. The van der Waals surface area contributed by atoms with Crippen LogP contribution in [0.2, 0.25) is 0 Å². The molecule has 0 spiro atoms. The van der Waals surface area contributed by atoms with Crippen molar-refractivity contribution in [1.29, 1.82) is 0 Å². The molecule has 1 aliphatic carbocycles. The maximum Gasteiger partial charge on any atom is 0.233 e. The molecule has 0 unspecified atom stereocenters. The summed E-state index contributed by atoms with van der Waals surface area (Å²) in [6.45, 7) is 2.30. The average Bonchev–Trinajstić information content (AvgIpc) is 3.17. The quantitative estimate of drug-likeness (QED) is 0.555. The van der Waals surface area contributed by atoms with Gasteiger partial charge in [0.25, 0.3) is 0 Å². The highest BCUT2D eigenvalue weighted by atomic mass is 32.1. The van der Waals surface area contributed by atoms with Gasteiger partial charge < -0.3 is 5.32 Å². The van der Waals surface area contributed by atoms with Crippen molar-refractivity contribution in [1.82, 2.24) is 15.1 Å². The van der Waals surface area contributed by atoms with E-state index in [1.807, 2.05) is 0 Å². The minimum Gasteiger partial charge on any atom is -0.300 e. The molecule has 142 valence electrons. The number of imide groups is 1. The lowest BCUT2D eigenvalue weighted by molar-refractivity contribution is -0.140. The topological polar surface area (TPSA) is 92.3 Å². The molecule has 1 aromatic heterocycles. The molecule has 2 atom stereocenters. The fourth-order valence-corrected chi connectivity index (χ4v) is 4.58. The van der Waals surface area contributed by atoms with Gasteiger partial charge in [-0.1, -0.05) is 43.9 Å². The molecule has 3 rings (SSSR count). The Balaban J connectivity index is 1.47. The molecule has 3 amide bonds. The summed E-state index contributed by atoms with van der Waals surface area (Å²) in [7, 11) is 0. The van der Waals surface area contributed by atoms with E-state index < -0.39 is 0 Å². The minimum atomic E-state index is -0.239. The van der Waals surface area contributed by atoms with E-state index >= 15 is 0 Å².